The minimum atomic E-state index is -0.570. The molecule has 1 amide bonds. The molecule has 2 rings (SSSR count). The quantitative estimate of drug-likeness (QED) is 0.825. The zero-order valence-corrected chi connectivity index (χ0v) is 10.7. The number of benzene rings is 1. The average Bonchev–Trinajstić information content (AvgIpc) is 2.84. The van der Waals surface area contributed by atoms with Crippen molar-refractivity contribution in [2.75, 3.05) is 11.9 Å². The molecule has 5 heteroatoms. The molecule has 0 aliphatic rings. The van der Waals surface area contributed by atoms with Gasteiger partial charge in [0.05, 0.1) is 11.8 Å². The van der Waals surface area contributed by atoms with E-state index < -0.39 is 11.7 Å². The van der Waals surface area contributed by atoms with E-state index in [1.807, 2.05) is 0 Å². The number of carbonyl (C=O) groups is 1. The molecule has 0 fully saturated rings. The second-order valence-electron chi connectivity index (χ2n) is 4.04. The molecule has 0 spiro atoms. The Bertz CT molecular complexity index is 695. The zero-order valence-electron chi connectivity index (χ0n) is 10.7. The Morgan fingerprint density at radius 2 is 2.25 bits per heavy atom. The van der Waals surface area contributed by atoms with Gasteiger partial charge in [0, 0.05) is 11.3 Å². The number of anilines is 1. The summed E-state index contributed by atoms with van der Waals surface area (Å²) in [6.45, 7) is 1.41. The molecule has 1 heterocycles. The van der Waals surface area contributed by atoms with Gasteiger partial charge in [-0.05, 0) is 31.2 Å². The van der Waals surface area contributed by atoms with Crippen LogP contribution >= 0.6 is 0 Å². The fourth-order valence-electron chi connectivity index (χ4n) is 1.62. The Kier molecular flexibility index (Phi) is 4.18. The number of hydrogen-bond donors (Lipinski definition) is 2. The maximum atomic E-state index is 13.7. The molecule has 0 aliphatic carbocycles. The van der Waals surface area contributed by atoms with Crippen LogP contribution in [0.15, 0.2) is 34.9 Å². The van der Waals surface area contributed by atoms with Crippen molar-refractivity contribution in [1.82, 2.24) is 0 Å². The van der Waals surface area contributed by atoms with Gasteiger partial charge >= 0.3 is 0 Å². The second kappa shape index (κ2) is 6.04. The van der Waals surface area contributed by atoms with Crippen LogP contribution in [0.2, 0.25) is 0 Å². The van der Waals surface area contributed by atoms with Gasteiger partial charge in [0.15, 0.2) is 5.76 Å². The van der Waals surface area contributed by atoms with Gasteiger partial charge in [-0.3, -0.25) is 4.79 Å². The molecular weight excluding hydrogens is 261 g/mol. The summed E-state index contributed by atoms with van der Waals surface area (Å²) in [6.07, 6.45) is 1.42. The number of nitrogens with one attached hydrogen (secondary N) is 1. The first-order valence-corrected chi connectivity index (χ1v) is 5.86. The summed E-state index contributed by atoms with van der Waals surface area (Å²) in [4.78, 5) is 11.9. The van der Waals surface area contributed by atoms with Crippen LogP contribution in [0, 0.1) is 24.6 Å². The Balaban J connectivity index is 2.17. The second-order valence-corrected chi connectivity index (χ2v) is 4.04. The van der Waals surface area contributed by atoms with Gasteiger partial charge in [-0.1, -0.05) is 11.8 Å². The van der Waals surface area contributed by atoms with E-state index in [4.69, 9.17) is 9.52 Å². The van der Waals surface area contributed by atoms with Crippen molar-refractivity contribution < 1.29 is 18.7 Å². The number of amides is 1. The highest BCUT2D eigenvalue weighted by molar-refractivity contribution is 6.03. The molecule has 102 valence electrons. The molecule has 1 aromatic carbocycles. The highest BCUT2D eigenvalue weighted by atomic mass is 19.1. The average molecular weight is 273 g/mol. The third kappa shape index (κ3) is 3.05. The van der Waals surface area contributed by atoms with Crippen molar-refractivity contribution in [3.8, 4) is 11.8 Å². The Morgan fingerprint density at radius 1 is 1.45 bits per heavy atom. The lowest BCUT2D eigenvalue weighted by Gasteiger charge is -2.05. The number of furan rings is 1. The standard InChI is InChI=1S/C15H12FNO3/c1-10-6-8-20-14(10)15(19)17-12-5-4-11(3-2-7-18)13(16)9-12/h4-6,8-9,18H,7H2,1H3,(H,17,19). The normalized spacial score (nSPS) is 9.75. The molecule has 4 nitrogen and oxygen atoms in total. The fraction of sp³-hybridized carbons (Fsp3) is 0.133. The SMILES string of the molecule is Cc1ccoc1C(=O)Nc1ccc(C#CCO)c(F)c1. The summed E-state index contributed by atoms with van der Waals surface area (Å²) in [6, 6.07) is 5.80. The minimum absolute atomic E-state index is 0.159. The van der Waals surface area contributed by atoms with E-state index >= 15 is 0 Å². The van der Waals surface area contributed by atoms with E-state index in [2.05, 4.69) is 17.2 Å². The summed E-state index contributed by atoms with van der Waals surface area (Å²) in [5.41, 5.74) is 1.16. The first kappa shape index (κ1) is 13.8. The lowest BCUT2D eigenvalue weighted by atomic mass is 10.2. The van der Waals surface area contributed by atoms with Gasteiger partial charge in [0.1, 0.15) is 12.4 Å². The molecule has 0 saturated heterocycles. The molecule has 0 unspecified atom stereocenters. The largest absolute Gasteiger partial charge is 0.459 e. The van der Waals surface area contributed by atoms with Gasteiger partial charge in [0.25, 0.3) is 5.91 Å². The van der Waals surface area contributed by atoms with Crippen molar-refractivity contribution in [1.29, 1.82) is 0 Å². The monoisotopic (exact) mass is 273 g/mol. The summed E-state index contributed by atoms with van der Waals surface area (Å²) in [5.74, 6) is 4.01. The minimum Gasteiger partial charge on any atom is -0.459 e. The molecule has 0 aliphatic heterocycles. The summed E-state index contributed by atoms with van der Waals surface area (Å²) < 4.78 is 18.7. The number of aliphatic hydroxyl groups is 1. The van der Waals surface area contributed by atoms with Gasteiger partial charge in [0.2, 0.25) is 0 Å². The lowest BCUT2D eigenvalue weighted by Crippen LogP contribution is -2.12. The smallest absolute Gasteiger partial charge is 0.291 e. The molecule has 2 N–H and O–H groups in total. The number of rotatable bonds is 2. The first-order valence-electron chi connectivity index (χ1n) is 5.86. The predicted octanol–water partition coefficient (Wildman–Crippen LogP) is 2.32. The van der Waals surface area contributed by atoms with Crippen LogP contribution in [0.5, 0.6) is 0 Å². The van der Waals surface area contributed by atoms with E-state index in [0.717, 1.165) is 6.07 Å². The number of aliphatic hydroxyl groups excluding tert-OH is 1. The van der Waals surface area contributed by atoms with Crippen LogP contribution in [0.1, 0.15) is 21.7 Å². The summed E-state index contributed by atoms with van der Waals surface area (Å²) >= 11 is 0. The molecule has 0 radical (unpaired) electrons. The molecule has 2 aromatic rings. The Hall–Kier alpha value is -2.58. The number of aryl methyl sites for hydroxylation is 1. The third-order valence-corrected chi connectivity index (χ3v) is 2.60. The van der Waals surface area contributed by atoms with E-state index in [1.54, 1.807) is 13.0 Å². The molecular formula is C15H12FNO3. The van der Waals surface area contributed by atoms with Crippen LogP contribution < -0.4 is 5.32 Å². The van der Waals surface area contributed by atoms with E-state index in [-0.39, 0.29) is 17.9 Å². The number of hydrogen-bond acceptors (Lipinski definition) is 3. The van der Waals surface area contributed by atoms with Crippen LogP contribution in [0.25, 0.3) is 0 Å². The zero-order chi connectivity index (χ0) is 14.5. The summed E-state index contributed by atoms with van der Waals surface area (Å²) in [5, 5.41) is 11.1. The fourth-order valence-corrected chi connectivity index (χ4v) is 1.62. The molecule has 1 aromatic heterocycles. The first-order chi connectivity index (χ1) is 9.61. The maximum absolute atomic E-state index is 13.7. The van der Waals surface area contributed by atoms with Crippen LogP contribution in [0.4, 0.5) is 10.1 Å². The van der Waals surface area contributed by atoms with Crippen molar-refractivity contribution >= 4 is 11.6 Å². The van der Waals surface area contributed by atoms with Crippen LogP contribution in [-0.4, -0.2) is 17.6 Å². The van der Waals surface area contributed by atoms with Crippen LogP contribution in [-0.2, 0) is 0 Å². The predicted molar refractivity (Wildman–Crippen MR) is 71.8 cm³/mol. The lowest BCUT2D eigenvalue weighted by molar-refractivity contribution is 0.0996. The highest BCUT2D eigenvalue weighted by Gasteiger charge is 2.13. The van der Waals surface area contributed by atoms with Crippen molar-refractivity contribution in [2.24, 2.45) is 0 Å². The molecule has 20 heavy (non-hydrogen) atoms. The topological polar surface area (TPSA) is 62.5 Å². The Labute approximate surface area is 115 Å². The summed E-state index contributed by atoms with van der Waals surface area (Å²) in [7, 11) is 0. The van der Waals surface area contributed by atoms with Crippen molar-refractivity contribution in [3.63, 3.8) is 0 Å². The van der Waals surface area contributed by atoms with Gasteiger partial charge in [-0.2, -0.15) is 0 Å². The van der Waals surface area contributed by atoms with E-state index in [0.29, 0.717) is 11.3 Å². The van der Waals surface area contributed by atoms with Crippen LogP contribution in [0.3, 0.4) is 0 Å². The number of halogens is 1. The van der Waals surface area contributed by atoms with Crippen molar-refractivity contribution in [3.05, 3.63) is 53.2 Å². The maximum Gasteiger partial charge on any atom is 0.291 e. The third-order valence-electron chi connectivity index (χ3n) is 2.60. The molecule has 0 bridgehead atoms. The van der Waals surface area contributed by atoms with Gasteiger partial charge in [-0.25, -0.2) is 4.39 Å². The van der Waals surface area contributed by atoms with Gasteiger partial charge < -0.3 is 14.8 Å². The van der Waals surface area contributed by atoms with E-state index in [1.165, 1.54) is 18.4 Å². The van der Waals surface area contributed by atoms with Gasteiger partial charge in [-0.15, -0.1) is 0 Å². The Morgan fingerprint density at radius 3 is 2.85 bits per heavy atom. The number of carbonyl (C=O) groups excluding carboxylic acids is 1. The molecule has 0 atom stereocenters. The van der Waals surface area contributed by atoms with E-state index in [9.17, 15) is 9.18 Å². The molecule has 0 saturated carbocycles. The van der Waals surface area contributed by atoms with Crippen molar-refractivity contribution in [2.45, 2.75) is 6.92 Å². The highest BCUT2D eigenvalue weighted by Crippen LogP contribution is 2.16.